The highest BCUT2D eigenvalue weighted by molar-refractivity contribution is 5.83. The molecule has 1 aromatic rings. The second-order valence-electron chi connectivity index (χ2n) is 3.98. The maximum atomic E-state index is 13.4. The minimum Gasteiger partial charge on any atom is -0.409 e. The SMILES string of the molecule is Cc1ccc(NCC(/C(N)=N/O)C(F)(F)F)c(F)c1. The van der Waals surface area contributed by atoms with Crippen molar-refractivity contribution in [2.24, 2.45) is 16.8 Å². The molecule has 0 aliphatic rings. The summed E-state index contributed by atoms with van der Waals surface area (Å²) in [5.74, 6) is -3.84. The van der Waals surface area contributed by atoms with E-state index >= 15 is 0 Å². The van der Waals surface area contributed by atoms with E-state index in [4.69, 9.17) is 10.9 Å². The largest absolute Gasteiger partial charge is 0.409 e. The second kappa shape index (κ2) is 5.77. The summed E-state index contributed by atoms with van der Waals surface area (Å²) < 4.78 is 51.3. The van der Waals surface area contributed by atoms with Gasteiger partial charge < -0.3 is 16.3 Å². The molecule has 19 heavy (non-hydrogen) atoms. The second-order valence-corrected chi connectivity index (χ2v) is 3.98. The molecule has 1 atom stereocenters. The smallest absolute Gasteiger partial charge is 0.400 e. The number of benzene rings is 1. The number of nitrogens with two attached hydrogens (primary N) is 1. The zero-order valence-corrected chi connectivity index (χ0v) is 10.0. The summed E-state index contributed by atoms with van der Waals surface area (Å²) in [6, 6.07) is 4.07. The molecule has 0 bridgehead atoms. The molecule has 1 rings (SSSR count). The number of halogens is 4. The fraction of sp³-hybridized carbons (Fsp3) is 0.364. The highest BCUT2D eigenvalue weighted by Gasteiger charge is 2.42. The van der Waals surface area contributed by atoms with Gasteiger partial charge in [0.1, 0.15) is 11.7 Å². The molecular formula is C11H13F4N3O. The normalized spacial score (nSPS) is 14.3. The van der Waals surface area contributed by atoms with Crippen LogP contribution in [0.2, 0.25) is 0 Å². The molecule has 0 aliphatic carbocycles. The summed E-state index contributed by atoms with van der Waals surface area (Å²) in [5, 5.41) is 13.0. The summed E-state index contributed by atoms with van der Waals surface area (Å²) in [7, 11) is 0. The van der Waals surface area contributed by atoms with E-state index in [0.717, 1.165) is 0 Å². The molecule has 0 saturated heterocycles. The minimum atomic E-state index is -4.69. The number of anilines is 1. The predicted octanol–water partition coefficient (Wildman–Crippen LogP) is 2.47. The molecule has 0 radical (unpaired) electrons. The molecule has 0 fully saturated rings. The Morgan fingerprint density at radius 3 is 2.58 bits per heavy atom. The van der Waals surface area contributed by atoms with Crippen molar-refractivity contribution in [3.63, 3.8) is 0 Å². The van der Waals surface area contributed by atoms with Gasteiger partial charge in [-0.25, -0.2) is 4.39 Å². The first-order valence-electron chi connectivity index (χ1n) is 5.30. The molecule has 0 saturated carbocycles. The number of oxime groups is 1. The van der Waals surface area contributed by atoms with Crippen molar-refractivity contribution >= 4 is 11.5 Å². The average Bonchev–Trinajstić information content (AvgIpc) is 2.29. The number of hydrogen-bond acceptors (Lipinski definition) is 3. The monoisotopic (exact) mass is 279 g/mol. The van der Waals surface area contributed by atoms with Crippen LogP contribution in [0.3, 0.4) is 0 Å². The zero-order chi connectivity index (χ0) is 14.6. The summed E-state index contributed by atoms with van der Waals surface area (Å²) in [5.41, 5.74) is 5.54. The predicted molar refractivity (Wildman–Crippen MR) is 62.6 cm³/mol. The summed E-state index contributed by atoms with van der Waals surface area (Å²) in [6.45, 7) is 0.932. The van der Waals surface area contributed by atoms with Crippen LogP contribution in [0.25, 0.3) is 0 Å². The van der Waals surface area contributed by atoms with Gasteiger partial charge in [0, 0.05) is 6.54 Å². The highest BCUT2D eigenvalue weighted by Crippen LogP contribution is 2.27. The van der Waals surface area contributed by atoms with Gasteiger partial charge in [0.15, 0.2) is 5.84 Å². The van der Waals surface area contributed by atoms with Crippen molar-refractivity contribution in [2.75, 3.05) is 11.9 Å². The molecule has 1 aromatic carbocycles. The Labute approximate surface area is 106 Å². The highest BCUT2D eigenvalue weighted by atomic mass is 19.4. The number of aryl methyl sites for hydroxylation is 1. The lowest BCUT2D eigenvalue weighted by molar-refractivity contribution is -0.152. The molecule has 106 valence electrons. The maximum Gasteiger partial charge on any atom is 0.400 e. The molecule has 0 amide bonds. The Morgan fingerprint density at radius 2 is 2.11 bits per heavy atom. The average molecular weight is 279 g/mol. The Balaban J connectivity index is 2.82. The van der Waals surface area contributed by atoms with Crippen LogP contribution in [0.5, 0.6) is 0 Å². The van der Waals surface area contributed by atoms with E-state index < -0.39 is 30.3 Å². The zero-order valence-electron chi connectivity index (χ0n) is 10.0. The van der Waals surface area contributed by atoms with Gasteiger partial charge >= 0.3 is 6.18 Å². The van der Waals surface area contributed by atoms with Gasteiger partial charge in [0.05, 0.1) is 5.69 Å². The minimum absolute atomic E-state index is 0.0782. The van der Waals surface area contributed by atoms with Crippen molar-refractivity contribution in [3.8, 4) is 0 Å². The van der Waals surface area contributed by atoms with Crippen molar-refractivity contribution in [1.82, 2.24) is 0 Å². The van der Waals surface area contributed by atoms with Crippen LogP contribution in [0.4, 0.5) is 23.2 Å². The van der Waals surface area contributed by atoms with Gasteiger partial charge in [-0.1, -0.05) is 11.2 Å². The molecule has 8 heteroatoms. The van der Waals surface area contributed by atoms with E-state index in [1.807, 2.05) is 0 Å². The number of rotatable bonds is 4. The van der Waals surface area contributed by atoms with Crippen LogP contribution >= 0.6 is 0 Å². The van der Waals surface area contributed by atoms with E-state index in [1.165, 1.54) is 12.1 Å². The quantitative estimate of drug-likeness (QED) is 0.261. The standard InChI is InChI=1S/C11H13F4N3O/c1-6-2-3-9(8(12)4-6)17-5-7(10(16)18-19)11(13,14)15/h2-4,7,17,19H,5H2,1H3,(H2,16,18). The van der Waals surface area contributed by atoms with Gasteiger partial charge in [0.2, 0.25) is 0 Å². The third-order valence-corrected chi connectivity index (χ3v) is 2.49. The Morgan fingerprint density at radius 1 is 1.47 bits per heavy atom. The lowest BCUT2D eigenvalue weighted by Crippen LogP contribution is -2.40. The summed E-state index contributed by atoms with van der Waals surface area (Å²) in [4.78, 5) is 0. The van der Waals surface area contributed by atoms with Crippen LogP contribution in [0.15, 0.2) is 23.4 Å². The molecule has 1 unspecified atom stereocenters. The summed E-state index contributed by atoms with van der Waals surface area (Å²) in [6.07, 6.45) is -4.69. The van der Waals surface area contributed by atoms with Crippen LogP contribution < -0.4 is 11.1 Å². The first-order valence-corrected chi connectivity index (χ1v) is 5.30. The number of nitrogens with one attached hydrogen (secondary N) is 1. The van der Waals surface area contributed by atoms with E-state index in [9.17, 15) is 17.6 Å². The van der Waals surface area contributed by atoms with Crippen molar-refractivity contribution in [1.29, 1.82) is 0 Å². The Kier molecular flexibility index (Phi) is 4.57. The molecule has 4 N–H and O–H groups in total. The van der Waals surface area contributed by atoms with Crippen molar-refractivity contribution in [3.05, 3.63) is 29.6 Å². The molecular weight excluding hydrogens is 266 g/mol. The van der Waals surface area contributed by atoms with Gasteiger partial charge in [-0.05, 0) is 24.6 Å². The molecule has 4 nitrogen and oxygen atoms in total. The lowest BCUT2D eigenvalue weighted by atomic mass is 10.1. The third kappa shape index (κ3) is 4.01. The maximum absolute atomic E-state index is 13.4. The van der Waals surface area contributed by atoms with E-state index in [1.54, 1.807) is 13.0 Å². The van der Waals surface area contributed by atoms with Crippen molar-refractivity contribution < 1.29 is 22.8 Å². The molecule has 0 aromatic heterocycles. The molecule has 0 spiro atoms. The van der Waals surface area contributed by atoms with Crippen molar-refractivity contribution in [2.45, 2.75) is 13.1 Å². The fourth-order valence-electron chi connectivity index (χ4n) is 1.43. The first-order chi connectivity index (χ1) is 8.75. The van der Waals surface area contributed by atoms with E-state index in [-0.39, 0.29) is 5.69 Å². The Bertz CT molecular complexity index is 473. The topological polar surface area (TPSA) is 70.6 Å². The van der Waals surface area contributed by atoms with Gasteiger partial charge in [-0.3, -0.25) is 0 Å². The number of nitrogens with zero attached hydrogens (tertiary/aromatic N) is 1. The van der Waals surface area contributed by atoms with E-state index in [2.05, 4.69) is 10.5 Å². The van der Waals surface area contributed by atoms with E-state index in [0.29, 0.717) is 5.56 Å². The van der Waals surface area contributed by atoms with Crippen LogP contribution in [0.1, 0.15) is 5.56 Å². The van der Waals surface area contributed by atoms with Crippen LogP contribution in [-0.2, 0) is 0 Å². The number of amidine groups is 1. The number of alkyl halides is 3. The van der Waals surface area contributed by atoms with Crippen LogP contribution in [-0.4, -0.2) is 23.8 Å². The van der Waals surface area contributed by atoms with Gasteiger partial charge in [0.25, 0.3) is 0 Å². The third-order valence-electron chi connectivity index (χ3n) is 2.49. The first kappa shape index (κ1) is 15.1. The fourth-order valence-corrected chi connectivity index (χ4v) is 1.43. The van der Waals surface area contributed by atoms with Crippen LogP contribution in [0, 0.1) is 18.7 Å². The van der Waals surface area contributed by atoms with Gasteiger partial charge in [-0.15, -0.1) is 0 Å². The Hall–Kier alpha value is -1.99. The molecule has 0 aliphatic heterocycles. The molecule has 0 heterocycles. The summed E-state index contributed by atoms with van der Waals surface area (Å²) >= 11 is 0. The lowest BCUT2D eigenvalue weighted by Gasteiger charge is -2.20. The number of hydrogen-bond donors (Lipinski definition) is 3. The van der Waals surface area contributed by atoms with Gasteiger partial charge in [-0.2, -0.15) is 13.2 Å².